The van der Waals surface area contributed by atoms with Crippen molar-refractivity contribution in [1.29, 1.82) is 0 Å². The van der Waals surface area contributed by atoms with Gasteiger partial charge in [0, 0.05) is 12.6 Å². The van der Waals surface area contributed by atoms with E-state index < -0.39 is 5.60 Å². The van der Waals surface area contributed by atoms with Crippen LogP contribution in [-0.4, -0.2) is 23.3 Å². The van der Waals surface area contributed by atoms with Crippen molar-refractivity contribution >= 4 is 0 Å². The van der Waals surface area contributed by atoms with Crippen LogP contribution in [0.5, 0.6) is 0 Å². The Bertz CT molecular complexity index is 233. The zero-order valence-corrected chi connectivity index (χ0v) is 11.5. The molecule has 2 aliphatic rings. The molecule has 0 aromatic rings. The summed E-state index contributed by atoms with van der Waals surface area (Å²) in [5.74, 6) is 1.67. The Kier molecular flexibility index (Phi) is 4.48. The van der Waals surface area contributed by atoms with Gasteiger partial charge >= 0.3 is 0 Å². The van der Waals surface area contributed by atoms with Gasteiger partial charge in [-0.25, -0.2) is 0 Å². The Morgan fingerprint density at radius 3 is 2.41 bits per heavy atom. The molecule has 0 saturated heterocycles. The first kappa shape index (κ1) is 13.4. The molecule has 100 valence electrons. The van der Waals surface area contributed by atoms with E-state index in [4.69, 9.17) is 0 Å². The molecule has 0 aliphatic heterocycles. The minimum Gasteiger partial charge on any atom is -0.389 e. The maximum Gasteiger partial charge on any atom is 0.0771 e. The monoisotopic (exact) mass is 239 g/mol. The average Bonchev–Trinajstić information content (AvgIpc) is 2.31. The van der Waals surface area contributed by atoms with Gasteiger partial charge in [-0.1, -0.05) is 26.7 Å². The van der Waals surface area contributed by atoms with E-state index in [2.05, 4.69) is 19.2 Å². The van der Waals surface area contributed by atoms with Crippen molar-refractivity contribution < 1.29 is 5.11 Å². The summed E-state index contributed by atoms with van der Waals surface area (Å²) < 4.78 is 0. The number of rotatable bonds is 3. The molecule has 2 N–H and O–H groups in total. The van der Waals surface area contributed by atoms with Gasteiger partial charge in [-0.2, -0.15) is 0 Å². The molecule has 2 aliphatic carbocycles. The third-order valence-electron chi connectivity index (χ3n) is 4.86. The molecular weight excluding hydrogens is 210 g/mol. The summed E-state index contributed by atoms with van der Waals surface area (Å²) in [7, 11) is 0. The molecule has 2 atom stereocenters. The SMILES string of the molecule is CC1CCC(O)(CNC2CCCC(C)C2)CC1. The molecule has 0 radical (unpaired) electrons. The number of hydrogen-bond donors (Lipinski definition) is 2. The smallest absolute Gasteiger partial charge is 0.0771 e. The highest BCUT2D eigenvalue weighted by Gasteiger charge is 2.32. The Labute approximate surface area is 106 Å². The molecule has 0 heterocycles. The van der Waals surface area contributed by atoms with Crippen LogP contribution < -0.4 is 5.32 Å². The van der Waals surface area contributed by atoms with Crippen LogP contribution in [0.3, 0.4) is 0 Å². The van der Waals surface area contributed by atoms with E-state index in [0.29, 0.717) is 6.04 Å². The molecular formula is C15H29NO. The van der Waals surface area contributed by atoms with Gasteiger partial charge in [-0.3, -0.25) is 0 Å². The van der Waals surface area contributed by atoms with Crippen LogP contribution in [0, 0.1) is 11.8 Å². The van der Waals surface area contributed by atoms with E-state index in [-0.39, 0.29) is 0 Å². The minimum atomic E-state index is -0.410. The molecule has 2 heteroatoms. The Hall–Kier alpha value is -0.0800. The van der Waals surface area contributed by atoms with Gasteiger partial charge in [-0.05, 0) is 50.4 Å². The fourth-order valence-corrected chi connectivity index (χ4v) is 3.43. The number of nitrogens with one attached hydrogen (secondary N) is 1. The van der Waals surface area contributed by atoms with Crippen molar-refractivity contribution in [3.8, 4) is 0 Å². The van der Waals surface area contributed by atoms with E-state index in [1.54, 1.807) is 0 Å². The van der Waals surface area contributed by atoms with E-state index in [1.165, 1.54) is 38.5 Å². The second-order valence-electron chi connectivity index (χ2n) is 6.76. The molecule has 0 aromatic carbocycles. The molecule has 2 unspecified atom stereocenters. The summed E-state index contributed by atoms with van der Waals surface area (Å²) in [6, 6.07) is 0.655. The quantitative estimate of drug-likeness (QED) is 0.793. The summed E-state index contributed by atoms with van der Waals surface area (Å²) in [6.07, 6.45) is 9.71. The van der Waals surface area contributed by atoms with Crippen LogP contribution in [0.4, 0.5) is 0 Å². The van der Waals surface area contributed by atoms with Crippen molar-refractivity contribution in [1.82, 2.24) is 5.32 Å². The fraction of sp³-hybridized carbons (Fsp3) is 1.00. The lowest BCUT2D eigenvalue weighted by molar-refractivity contribution is -0.00949. The summed E-state index contributed by atoms with van der Waals surface area (Å²) in [4.78, 5) is 0. The highest BCUT2D eigenvalue weighted by molar-refractivity contribution is 4.88. The summed E-state index contributed by atoms with van der Waals surface area (Å²) in [5, 5.41) is 14.2. The molecule has 2 saturated carbocycles. The van der Waals surface area contributed by atoms with Crippen LogP contribution in [0.25, 0.3) is 0 Å². The normalized spacial score (nSPS) is 43.6. The van der Waals surface area contributed by atoms with E-state index in [9.17, 15) is 5.11 Å². The Balaban J connectivity index is 1.73. The molecule has 2 rings (SSSR count). The lowest BCUT2D eigenvalue weighted by Crippen LogP contribution is -2.47. The van der Waals surface area contributed by atoms with Crippen LogP contribution in [-0.2, 0) is 0 Å². The topological polar surface area (TPSA) is 32.3 Å². The summed E-state index contributed by atoms with van der Waals surface area (Å²) in [5.41, 5.74) is -0.410. The van der Waals surface area contributed by atoms with Crippen LogP contribution >= 0.6 is 0 Å². The predicted molar refractivity (Wildman–Crippen MR) is 72.0 cm³/mol. The van der Waals surface area contributed by atoms with E-state index >= 15 is 0 Å². The molecule has 0 bridgehead atoms. The van der Waals surface area contributed by atoms with Crippen molar-refractivity contribution in [2.45, 2.75) is 76.9 Å². The highest BCUT2D eigenvalue weighted by Crippen LogP contribution is 2.32. The Morgan fingerprint density at radius 1 is 1.06 bits per heavy atom. The van der Waals surface area contributed by atoms with Gasteiger partial charge < -0.3 is 10.4 Å². The van der Waals surface area contributed by atoms with Crippen molar-refractivity contribution in [2.75, 3.05) is 6.54 Å². The lowest BCUT2D eigenvalue weighted by atomic mass is 9.79. The minimum absolute atomic E-state index is 0.410. The first-order valence-corrected chi connectivity index (χ1v) is 7.53. The van der Waals surface area contributed by atoms with Crippen LogP contribution in [0.2, 0.25) is 0 Å². The standard InChI is InChI=1S/C15H29NO/c1-12-6-8-15(17,9-7-12)11-16-14-5-3-4-13(2)10-14/h12-14,16-17H,3-11H2,1-2H3. The molecule has 0 aromatic heterocycles. The van der Waals surface area contributed by atoms with Crippen molar-refractivity contribution in [2.24, 2.45) is 11.8 Å². The van der Waals surface area contributed by atoms with Gasteiger partial charge in [-0.15, -0.1) is 0 Å². The van der Waals surface area contributed by atoms with Crippen molar-refractivity contribution in [3.63, 3.8) is 0 Å². The molecule has 17 heavy (non-hydrogen) atoms. The first-order chi connectivity index (χ1) is 8.07. The number of hydrogen-bond acceptors (Lipinski definition) is 2. The van der Waals surface area contributed by atoms with Gasteiger partial charge in [0.05, 0.1) is 5.60 Å². The molecule has 0 spiro atoms. The third-order valence-corrected chi connectivity index (χ3v) is 4.86. The van der Waals surface area contributed by atoms with Crippen LogP contribution in [0.1, 0.15) is 65.2 Å². The average molecular weight is 239 g/mol. The summed E-state index contributed by atoms with van der Waals surface area (Å²) in [6.45, 7) is 5.47. The van der Waals surface area contributed by atoms with Gasteiger partial charge in [0.25, 0.3) is 0 Å². The zero-order valence-electron chi connectivity index (χ0n) is 11.5. The molecule has 0 amide bonds. The van der Waals surface area contributed by atoms with E-state index in [0.717, 1.165) is 31.2 Å². The maximum atomic E-state index is 10.5. The first-order valence-electron chi connectivity index (χ1n) is 7.53. The Morgan fingerprint density at radius 2 is 1.76 bits per heavy atom. The van der Waals surface area contributed by atoms with Gasteiger partial charge in [0.15, 0.2) is 0 Å². The second kappa shape index (κ2) is 5.71. The van der Waals surface area contributed by atoms with Gasteiger partial charge in [0.2, 0.25) is 0 Å². The maximum absolute atomic E-state index is 10.5. The third kappa shape index (κ3) is 3.96. The second-order valence-corrected chi connectivity index (χ2v) is 6.76. The van der Waals surface area contributed by atoms with Gasteiger partial charge in [0.1, 0.15) is 0 Å². The van der Waals surface area contributed by atoms with Crippen molar-refractivity contribution in [3.05, 3.63) is 0 Å². The molecule has 2 nitrogen and oxygen atoms in total. The van der Waals surface area contributed by atoms with E-state index in [1.807, 2.05) is 0 Å². The highest BCUT2D eigenvalue weighted by atomic mass is 16.3. The molecule has 2 fully saturated rings. The number of aliphatic hydroxyl groups is 1. The predicted octanol–water partition coefficient (Wildman–Crippen LogP) is 3.10. The zero-order chi connectivity index (χ0) is 12.3. The lowest BCUT2D eigenvalue weighted by Gasteiger charge is -2.37. The largest absolute Gasteiger partial charge is 0.389 e. The fourth-order valence-electron chi connectivity index (χ4n) is 3.43. The summed E-state index contributed by atoms with van der Waals surface area (Å²) >= 11 is 0. The van der Waals surface area contributed by atoms with Crippen LogP contribution in [0.15, 0.2) is 0 Å².